The molecular weight excluding hydrogens is 353 g/mol. The zero-order chi connectivity index (χ0) is 14.0. The van der Waals surface area contributed by atoms with Crippen LogP contribution in [0.25, 0.3) is 0 Å². The monoisotopic (exact) mass is 375 g/mol. The molecule has 0 aliphatic carbocycles. The van der Waals surface area contributed by atoms with Crippen molar-refractivity contribution in [1.29, 1.82) is 0 Å². The predicted molar refractivity (Wildman–Crippen MR) is 85.7 cm³/mol. The van der Waals surface area contributed by atoms with Gasteiger partial charge in [-0.2, -0.15) is 0 Å². The summed E-state index contributed by atoms with van der Waals surface area (Å²) in [7, 11) is 1.91. The lowest BCUT2D eigenvalue weighted by Crippen LogP contribution is -2.21. The molecule has 106 valence electrons. The molecule has 0 saturated carbocycles. The second-order valence-corrected chi connectivity index (χ2v) is 7.07. The Morgan fingerprint density at radius 2 is 2.11 bits per heavy atom. The average Bonchev–Trinajstić information content (AvgIpc) is 2.82. The molecule has 1 atom stereocenters. The smallest absolute Gasteiger partial charge is 0.143 e. The van der Waals surface area contributed by atoms with Crippen molar-refractivity contribution in [3.05, 3.63) is 15.1 Å². The fourth-order valence-corrected chi connectivity index (χ4v) is 3.58. The summed E-state index contributed by atoms with van der Waals surface area (Å²) in [6.45, 7) is 7.44. The summed E-state index contributed by atoms with van der Waals surface area (Å²) in [5, 5.41) is 3.17. The van der Waals surface area contributed by atoms with Gasteiger partial charge >= 0.3 is 0 Å². The number of anilines is 1. The first-order valence-corrected chi connectivity index (χ1v) is 7.86. The Labute approximate surface area is 128 Å². The fraction of sp³-hybridized carbons (Fsp3) is 0.714. The van der Waals surface area contributed by atoms with Crippen molar-refractivity contribution in [2.75, 3.05) is 19.0 Å². The van der Waals surface area contributed by atoms with Gasteiger partial charge < -0.3 is 10.1 Å². The third-order valence-corrected chi connectivity index (χ3v) is 4.30. The first kappa shape index (κ1) is 15.0. The third kappa shape index (κ3) is 3.56. The van der Waals surface area contributed by atoms with E-state index in [4.69, 9.17) is 9.72 Å². The van der Waals surface area contributed by atoms with Crippen LogP contribution < -0.4 is 5.32 Å². The molecule has 1 unspecified atom stereocenters. The van der Waals surface area contributed by atoms with E-state index >= 15 is 0 Å². The Balaban J connectivity index is 2.33. The van der Waals surface area contributed by atoms with Crippen molar-refractivity contribution in [3.8, 4) is 0 Å². The maximum absolute atomic E-state index is 5.68. The number of rotatable bonds is 3. The highest BCUT2D eigenvalue weighted by Gasteiger charge is 2.24. The van der Waals surface area contributed by atoms with Crippen LogP contribution in [0.2, 0.25) is 0 Å². The fourth-order valence-electron chi connectivity index (χ4n) is 2.26. The summed E-state index contributed by atoms with van der Waals surface area (Å²) in [6.07, 6.45) is 3.38. The van der Waals surface area contributed by atoms with Gasteiger partial charge in [-0.1, -0.05) is 20.8 Å². The molecule has 19 heavy (non-hydrogen) atoms. The van der Waals surface area contributed by atoms with Crippen LogP contribution in [-0.4, -0.2) is 29.7 Å². The van der Waals surface area contributed by atoms with E-state index in [-0.39, 0.29) is 11.5 Å². The van der Waals surface area contributed by atoms with Crippen molar-refractivity contribution in [1.82, 2.24) is 9.97 Å². The SMILES string of the molecule is CNc1nc(CC2CCCO2)nc(C(C)(C)C)c1I. The van der Waals surface area contributed by atoms with E-state index in [0.717, 1.165) is 46.8 Å². The standard InChI is InChI=1S/C14H22IN3O/c1-14(2,3)12-11(15)13(16-4)18-10(17-12)8-9-6-5-7-19-9/h9H,5-8H2,1-4H3,(H,16,17,18). The number of nitrogens with one attached hydrogen (secondary N) is 1. The molecule has 1 aromatic rings. The minimum atomic E-state index is 0.0242. The van der Waals surface area contributed by atoms with Crippen LogP contribution in [-0.2, 0) is 16.6 Å². The summed E-state index contributed by atoms with van der Waals surface area (Å²) < 4.78 is 6.80. The van der Waals surface area contributed by atoms with E-state index in [1.165, 1.54) is 0 Å². The maximum atomic E-state index is 5.68. The Morgan fingerprint density at radius 1 is 1.37 bits per heavy atom. The van der Waals surface area contributed by atoms with Crippen LogP contribution in [0.5, 0.6) is 0 Å². The lowest BCUT2D eigenvalue weighted by Gasteiger charge is -2.22. The minimum Gasteiger partial charge on any atom is -0.378 e. The third-order valence-electron chi connectivity index (χ3n) is 3.28. The highest BCUT2D eigenvalue weighted by Crippen LogP contribution is 2.29. The molecule has 1 aliphatic heterocycles. The number of hydrogen-bond donors (Lipinski definition) is 1. The molecule has 0 spiro atoms. The molecule has 1 aromatic heterocycles. The Morgan fingerprint density at radius 3 is 2.63 bits per heavy atom. The predicted octanol–water partition coefficient (Wildman–Crippen LogP) is 3.14. The molecule has 4 nitrogen and oxygen atoms in total. The second kappa shape index (κ2) is 5.91. The van der Waals surface area contributed by atoms with Gasteiger partial charge in [0.15, 0.2) is 0 Å². The van der Waals surface area contributed by atoms with Crippen molar-refractivity contribution in [2.45, 2.75) is 51.6 Å². The van der Waals surface area contributed by atoms with Crippen LogP contribution in [0.3, 0.4) is 0 Å². The van der Waals surface area contributed by atoms with Crippen LogP contribution in [0, 0.1) is 3.57 Å². The molecule has 0 radical (unpaired) electrons. The quantitative estimate of drug-likeness (QED) is 0.825. The van der Waals surface area contributed by atoms with Crippen LogP contribution in [0.4, 0.5) is 5.82 Å². The lowest BCUT2D eigenvalue weighted by atomic mass is 9.91. The number of ether oxygens (including phenoxy) is 1. The lowest BCUT2D eigenvalue weighted by molar-refractivity contribution is 0.110. The summed E-state index contributed by atoms with van der Waals surface area (Å²) in [4.78, 5) is 9.40. The number of aromatic nitrogens is 2. The number of halogens is 1. The summed E-state index contributed by atoms with van der Waals surface area (Å²) in [5.74, 6) is 1.81. The van der Waals surface area contributed by atoms with Crippen molar-refractivity contribution in [3.63, 3.8) is 0 Å². The number of hydrogen-bond acceptors (Lipinski definition) is 4. The van der Waals surface area contributed by atoms with Crippen LogP contribution >= 0.6 is 22.6 Å². The van der Waals surface area contributed by atoms with Crippen LogP contribution in [0.1, 0.15) is 45.1 Å². The van der Waals surface area contributed by atoms with E-state index in [1.54, 1.807) is 0 Å². The average molecular weight is 375 g/mol. The molecule has 2 heterocycles. The van der Waals surface area contributed by atoms with Gasteiger partial charge in [0.2, 0.25) is 0 Å². The van der Waals surface area contributed by atoms with E-state index in [9.17, 15) is 0 Å². The van der Waals surface area contributed by atoms with Crippen molar-refractivity contribution >= 4 is 28.4 Å². The Kier molecular flexibility index (Phi) is 4.66. The van der Waals surface area contributed by atoms with Gasteiger partial charge in [0.25, 0.3) is 0 Å². The van der Waals surface area contributed by atoms with E-state index in [1.807, 2.05) is 7.05 Å². The molecular formula is C14H22IN3O. The second-order valence-electron chi connectivity index (χ2n) is 5.99. The van der Waals surface area contributed by atoms with Gasteiger partial charge in [-0.3, -0.25) is 0 Å². The molecule has 1 N–H and O–H groups in total. The minimum absolute atomic E-state index is 0.0242. The van der Waals surface area contributed by atoms with E-state index < -0.39 is 0 Å². The molecule has 0 bridgehead atoms. The zero-order valence-electron chi connectivity index (χ0n) is 12.1. The molecule has 1 fully saturated rings. The van der Waals surface area contributed by atoms with Gasteiger partial charge in [-0.25, -0.2) is 9.97 Å². The molecule has 2 rings (SSSR count). The van der Waals surface area contributed by atoms with Gasteiger partial charge in [0.1, 0.15) is 11.6 Å². The van der Waals surface area contributed by atoms with E-state index in [0.29, 0.717) is 0 Å². The van der Waals surface area contributed by atoms with Gasteiger partial charge in [0.05, 0.1) is 15.4 Å². The first-order valence-electron chi connectivity index (χ1n) is 6.78. The van der Waals surface area contributed by atoms with Gasteiger partial charge in [-0.05, 0) is 35.4 Å². The largest absolute Gasteiger partial charge is 0.378 e. The topological polar surface area (TPSA) is 47.0 Å². The van der Waals surface area contributed by atoms with Crippen molar-refractivity contribution in [2.24, 2.45) is 0 Å². The summed E-state index contributed by atoms with van der Waals surface area (Å²) in [5.41, 5.74) is 1.14. The highest BCUT2D eigenvalue weighted by molar-refractivity contribution is 14.1. The normalized spacial score (nSPS) is 19.7. The van der Waals surface area contributed by atoms with Crippen molar-refractivity contribution < 1.29 is 4.74 Å². The molecule has 1 saturated heterocycles. The molecule has 0 amide bonds. The zero-order valence-corrected chi connectivity index (χ0v) is 14.2. The summed E-state index contributed by atoms with van der Waals surface area (Å²) in [6, 6.07) is 0. The molecule has 0 aromatic carbocycles. The maximum Gasteiger partial charge on any atom is 0.143 e. The first-order chi connectivity index (χ1) is 8.91. The Hall–Kier alpha value is -0.430. The number of nitrogens with zero attached hydrogens (tertiary/aromatic N) is 2. The Bertz CT molecular complexity index is 451. The summed E-state index contributed by atoms with van der Waals surface area (Å²) >= 11 is 2.33. The highest BCUT2D eigenvalue weighted by atomic mass is 127. The van der Waals surface area contributed by atoms with Crippen LogP contribution in [0.15, 0.2) is 0 Å². The molecule has 5 heteroatoms. The van der Waals surface area contributed by atoms with Gasteiger partial charge in [-0.15, -0.1) is 0 Å². The molecule has 1 aliphatic rings. The van der Waals surface area contributed by atoms with E-state index in [2.05, 4.69) is 53.7 Å². The van der Waals surface area contributed by atoms with Gasteiger partial charge in [0, 0.05) is 25.5 Å².